The molecule has 88 valence electrons. The van der Waals surface area contributed by atoms with E-state index in [9.17, 15) is 4.79 Å². The lowest BCUT2D eigenvalue weighted by Gasteiger charge is -2.31. The van der Waals surface area contributed by atoms with Gasteiger partial charge in [-0.15, -0.1) is 0 Å². The van der Waals surface area contributed by atoms with Crippen molar-refractivity contribution in [2.45, 2.75) is 12.8 Å². The quantitative estimate of drug-likeness (QED) is 0.805. The van der Waals surface area contributed by atoms with Crippen LogP contribution in [0.4, 0.5) is 0 Å². The number of H-pyrrole nitrogens is 1. The molecule has 0 saturated carbocycles. The van der Waals surface area contributed by atoms with Crippen LogP contribution in [0.3, 0.4) is 0 Å². The van der Waals surface area contributed by atoms with E-state index in [0.717, 1.165) is 23.0 Å². The molecule has 1 saturated heterocycles. The minimum atomic E-state index is 0.0427. The first-order valence-electron chi connectivity index (χ1n) is 5.44. The number of nitrogens with one attached hydrogen (secondary N) is 1. The van der Waals surface area contributed by atoms with Crippen molar-refractivity contribution in [3.8, 4) is 0 Å². The smallest absolute Gasteiger partial charge is 0.270 e. The summed E-state index contributed by atoms with van der Waals surface area (Å²) in [5, 5.41) is 9.12. The first-order chi connectivity index (χ1) is 7.70. The molecule has 5 heteroatoms. The predicted octanol–water partition coefficient (Wildman–Crippen LogP) is 1.46. The van der Waals surface area contributed by atoms with Crippen LogP contribution < -0.4 is 0 Å². The van der Waals surface area contributed by atoms with E-state index in [1.807, 2.05) is 17.2 Å². The summed E-state index contributed by atoms with van der Waals surface area (Å²) < 4.78 is 1.04. The summed E-state index contributed by atoms with van der Waals surface area (Å²) in [6.45, 7) is 1.64. The van der Waals surface area contributed by atoms with Crippen LogP contribution in [0.25, 0.3) is 0 Å². The highest BCUT2D eigenvalue weighted by molar-refractivity contribution is 14.1. The Morgan fingerprint density at radius 2 is 2.50 bits per heavy atom. The molecule has 2 rings (SSSR count). The van der Waals surface area contributed by atoms with Crippen LogP contribution in [0.5, 0.6) is 0 Å². The van der Waals surface area contributed by atoms with Crippen molar-refractivity contribution >= 4 is 28.5 Å². The van der Waals surface area contributed by atoms with Gasteiger partial charge in [-0.25, -0.2) is 0 Å². The summed E-state index contributed by atoms with van der Waals surface area (Å²) in [5.74, 6) is 0.285. The normalized spacial score (nSPS) is 21.1. The summed E-state index contributed by atoms with van der Waals surface area (Å²) >= 11 is 2.17. The zero-order valence-electron chi connectivity index (χ0n) is 8.95. The summed E-state index contributed by atoms with van der Waals surface area (Å²) in [7, 11) is 0. The van der Waals surface area contributed by atoms with Crippen LogP contribution in [0.15, 0.2) is 12.3 Å². The summed E-state index contributed by atoms with van der Waals surface area (Å²) in [4.78, 5) is 16.9. The number of aromatic nitrogens is 1. The fourth-order valence-electron chi connectivity index (χ4n) is 2.06. The molecule has 16 heavy (non-hydrogen) atoms. The first kappa shape index (κ1) is 11.9. The predicted molar refractivity (Wildman–Crippen MR) is 69.2 cm³/mol. The number of halogens is 1. The van der Waals surface area contributed by atoms with Gasteiger partial charge >= 0.3 is 0 Å². The number of likely N-dealkylation sites (tertiary alicyclic amines) is 1. The third-order valence-electron chi connectivity index (χ3n) is 2.94. The molecule has 1 aliphatic rings. The van der Waals surface area contributed by atoms with Gasteiger partial charge in [0, 0.05) is 29.5 Å². The third-order valence-corrected chi connectivity index (χ3v) is 3.57. The van der Waals surface area contributed by atoms with E-state index in [0.29, 0.717) is 12.2 Å². The SMILES string of the molecule is O=C(c1cc(I)c[nH]1)N1CCCC(CO)C1. The Labute approximate surface area is 108 Å². The fourth-order valence-corrected chi connectivity index (χ4v) is 2.53. The molecule has 1 fully saturated rings. The van der Waals surface area contributed by atoms with Crippen LogP contribution in [-0.4, -0.2) is 40.6 Å². The summed E-state index contributed by atoms with van der Waals surface area (Å²) in [5.41, 5.74) is 0.642. The molecule has 1 unspecified atom stereocenters. The average Bonchev–Trinajstić information content (AvgIpc) is 2.75. The molecule has 2 N–H and O–H groups in total. The maximum absolute atomic E-state index is 12.1. The van der Waals surface area contributed by atoms with Crippen molar-refractivity contribution < 1.29 is 9.90 Å². The maximum atomic E-state index is 12.1. The van der Waals surface area contributed by atoms with Crippen molar-refractivity contribution in [1.82, 2.24) is 9.88 Å². The Hall–Kier alpha value is -0.560. The number of carbonyl (C=O) groups excluding carboxylic acids is 1. The van der Waals surface area contributed by atoms with Crippen LogP contribution in [0.2, 0.25) is 0 Å². The Morgan fingerprint density at radius 1 is 1.69 bits per heavy atom. The van der Waals surface area contributed by atoms with Gasteiger partial charge in [0.15, 0.2) is 0 Å². The maximum Gasteiger partial charge on any atom is 0.270 e. The van der Waals surface area contributed by atoms with Crippen LogP contribution in [0.1, 0.15) is 23.3 Å². The van der Waals surface area contributed by atoms with Gasteiger partial charge in [0.2, 0.25) is 0 Å². The molecule has 0 bridgehead atoms. The van der Waals surface area contributed by atoms with Gasteiger partial charge < -0.3 is 15.0 Å². The number of aliphatic hydroxyl groups excluding tert-OH is 1. The monoisotopic (exact) mass is 334 g/mol. The fraction of sp³-hybridized carbons (Fsp3) is 0.545. The Morgan fingerprint density at radius 3 is 3.12 bits per heavy atom. The molecular formula is C11H15IN2O2. The standard InChI is InChI=1S/C11H15IN2O2/c12-9-4-10(13-5-9)11(16)14-3-1-2-8(6-14)7-15/h4-5,8,13,15H,1-3,6-7H2. The Bertz CT molecular complexity index is 378. The van der Waals surface area contributed by atoms with Crippen molar-refractivity contribution in [3.05, 3.63) is 21.5 Å². The average molecular weight is 334 g/mol. The molecule has 1 aromatic heterocycles. The van der Waals surface area contributed by atoms with E-state index in [1.54, 1.807) is 0 Å². The molecule has 1 amide bonds. The van der Waals surface area contributed by atoms with E-state index >= 15 is 0 Å². The van der Waals surface area contributed by atoms with Crippen molar-refractivity contribution in [1.29, 1.82) is 0 Å². The molecule has 0 aromatic carbocycles. The minimum absolute atomic E-state index is 0.0427. The van der Waals surface area contributed by atoms with Crippen LogP contribution in [0, 0.1) is 9.49 Å². The first-order valence-corrected chi connectivity index (χ1v) is 6.52. The minimum Gasteiger partial charge on any atom is -0.396 e. The molecule has 2 heterocycles. The molecule has 1 aliphatic heterocycles. The Balaban J connectivity index is 2.04. The van der Waals surface area contributed by atoms with Gasteiger partial charge in [-0.3, -0.25) is 4.79 Å². The second-order valence-electron chi connectivity index (χ2n) is 4.17. The number of aliphatic hydroxyl groups is 1. The van der Waals surface area contributed by atoms with E-state index in [1.165, 1.54) is 0 Å². The van der Waals surface area contributed by atoms with E-state index in [-0.39, 0.29) is 18.4 Å². The number of hydrogen-bond donors (Lipinski definition) is 2. The van der Waals surface area contributed by atoms with Gasteiger partial charge in [-0.05, 0) is 47.4 Å². The molecular weight excluding hydrogens is 319 g/mol. The Kier molecular flexibility index (Phi) is 3.86. The van der Waals surface area contributed by atoms with Crippen LogP contribution in [-0.2, 0) is 0 Å². The van der Waals surface area contributed by atoms with Gasteiger partial charge in [0.25, 0.3) is 5.91 Å². The molecule has 4 nitrogen and oxygen atoms in total. The van der Waals surface area contributed by atoms with Gasteiger partial charge in [0.1, 0.15) is 5.69 Å². The lowest BCUT2D eigenvalue weighted by molar-refractivity contribution is 0.0615. The number of piperidine rings is 1. The zero-order chi connectivity index (χ0) is 11.5. The molecule has 0 radical (unpaired) electrons. The zero-order valence-corrected chi connectivity index (χ0v) is 11.1. The molecule has 0 spiro atoms. The van der Waals surface area contributed by atoms with Gasteiger partial charge in [0.05, 0.1) is 0 Å². The number of aromatic amines is 1. The van der Waals surface area contributed by atoms with Crippen molar-refractivity contribution in [2.75, 3.05) is 19.7 Å². The topological polar surface area (TPSA) is 56.3 Å². The van der Waals surface area contributed by atoms with E-state index in [4.69, 9.17) is 5.11 Å². The van der Waals surface area contributed by atoms with Crippen molar-refractivity contribution in [2.24, 2.45) is 5.92 Å². The number of hydrogen-bond acceptors (Lipinski definition) is 2. The molecule has 1 atom stereocenters. The van der Waals surface area contributed by atoms with Gasteiger partial charge in [-0.2, -0.15) is 0 Å². The van der Waals surface area contributed by atoms with Crippen molar-refractivity contribution in [3.63, 3.8) is 0 Å². The number of nitrogens with zero attached hydrogens (tertiary/aromatic N) is 1. The number of amides is 1. The molecule has 0 aliphatic carbocycles. The second kappa shape index (κ2) is 5.18. The largest absolute Gasteiger partial charge is 0.396 e. The lowest BCUT2D eigenvalue weighted by Crippen LogP contribution is -2.41. The third kappa shape index (κ3) is 2.57. The van der Waals surface area contributed by atoms with E-state index in [2.05, 4.69) is 27.6 Å². The van der Waals surface area contributed by atoms with Gasteiger partial charge in [-0.1, -0.05) is 0 Å². The highest BCUT2D eigenvalue weighted by atomic mass is 127. The van der Waals surface area contributed by atoms with Crippen LogP contribution >= 0.6 is 22.6 Å². The summed E-state index contributed by atoms with van der Waals surface area (Å²) in [6.07, 6.45) is 3.82. The second-order valence-corrected chi connectivity index (χ2v) is 5.42. The summed E-state index contributed by atoms with van der Waals surface area (Å²) in [6, 6.07) is 1.85. The number of carbonyl (C=O) groups is 1. The number of rotatable bonds is 2. The van der Waals surface area contributed by atoms with E-state index < -0.39 is 0 Å². The lowest BCUT2D eigenvalue weighted by atomic mass is 9.99. The highest BCUT2D eigenvalue weighted by Gasteiger charge is 2.24. The molecule has 1 aromatic rings. The highest BCUT2D eigenvalue weighted by Crippen LogP contribution is 2.18.